The molecule has 0 saturated carbocycles. The fourth-order valence-electron chi connectivity index (χ4n) is 1.55. The second-order valence-corrected chi connectivity index (χ2v) is 4.78. The number of nitrogens with one attached hydrogen (secondary N) is 1. The Labute approximate surface area is 117 Å². The summed E-state index contributed by atoms with van der Waals surface area (Å²) in [5.41, 5.74) is 0.649. The quantitative estimate of drug-likeness (QED) is 0.871. The van der Waals surface area contributed by atoms with Crippen LogP contribution in [0, 0.1) is 0 Å². The first-order chi connectivity index (χ1) is 9.08. The van der Waals surface area contributed by atoms with Gasteiger partial charge in [0.2, 0.25) is 5.95 Å². The van der Waals surface area contributed by atoms with Crippen molar-refractivity contribution in [1.82, 2.24) is 19.9 Å². The molecule has 5 nitrogen and oxygen atoms in total. The molecule has 2 rings (SSSR count). The van der Waals surface area contributed by atoms with Crippen LogP contribution >= 0.6 is 11.6 Å². The fraction of sp³-hybridized carbons (Fsp3) is 0.385. The van der Waals surface area contributed by atoms with Gasteiger partial charge in [-0.2, -0.15) is 9.97 Å². The average Bonchev–Trinajstić information content (AvgIpc) is 2.37. The van der Waals surface area contributed by atoms with Gasteiger partial charge < -0.3 is 5.32 Å². The molecule has 6 heteroatoms. The van der Waals surface area contributed by atoms with Crippen molar-refractivity contribution in [2.75, 3.05) is 5.32 Å². The van der Waals surface area contributed by atoms with Gasteiger partial charge in [-0.25, -0.2) is 9.97 Å². The monoisotopic (exact) mass is 277 g/mol. The maximum Gasteiger partial charge on any atom is 0.226 e. The lowest BCUT2D eigenvalue weighted by atomic mass is 10.3. The van der Waals surface area contributed by atoms with Crippen molar-refractivity contribution >= 4 is 17.5 Å². The zero-order valence-electron chi connectivity index (χ0n) is 11.2. The maximum atomic E-state index is 5.89. The van der Waals surface area contributed by atoms with E-state index in [2.05, 4.69) is 25.3 Å². The Morgan fingerprint density at radius 2 is 1.95 bits per heavy atom. The SMILES string of the molecule is CCc1nc(NC(C)C)nc(-c2cccc(Cl)n2)n1. The molecule has 0 unspecified atom stereocenters. The fourth-order valence-corrected chi connectivity index (χ4v) is 1.71. The van der Waals surface area contributed by atoms with E-state index in [1.807, 2.05) is 32.9 Å². The van der Waals surface area contributed by atoms with Gasteiger partial charge in [0.25, 0.3) is 0 Å². The Morgan fingerprint density at radius 3 is 2.58 bits per heavy atom. The van der Waals surface area contributed by atoms with Crippen molar-refractivity contribution in [1.29, 1.82) is 0 Å². The summed E-state index contributed by atoms with van der Waals surface area (Å²) >= 11 is 5.89. The van der Waals surface area contributed by atoms with Crippen molar-refractivity contribution in [2.45, 2.75) is 33.2 Å². The molecule has 1 N–H and O–H groups in total. The van der Waals surface area contributed by atoms with E-state index in [0.717, 1.165) is 12.2 Å². The zero-order chi connectivity index (χ0) is 13.8. The highest BCUT2D eigenvalue weighted by Crippen LogP contribution is 2.16. The summed E-state index contributed by atoms with van der Waals surface area (Å²) in [5.74, 6) is 1.84. The summed E-state index contributed by atoms with van der Waals surface area (Å²) in [6, 6.07) is 5.64. The minimum atomic E-state index is 0.257. The maximum absolute atomic E-state index is 5.89. The highest BCUT2D eigenvalue weighted by molar-refractivity contribution is 6.29. The molecule has 0 aliphatic heterocycles. The summed E-state index contributed by atoms with van der Waals surface area (Å²) in [7, 11) is 0. The van der Waals surface area contributed by atoms with Gasteiger partial charge in [0.1, 0.15) is 16.7 Å². The highest BCUT2D eigenvalue weighted by Gasteiger charge is 2.09. The molecular formula is C13H16ClN5. The summed E-state index contributed by atoms with van der Waals surface area (Å²) in [6.07, 6.45) is 0.739. The number of pyridine rings is 1. The number of halogens is 1. The van der Waals surface area contributed by atoms with Crippen molar-refractivity contribution in [3.8, 4) is 11.5 Å². The number of aromatic nitrogens is 4. The summed E-state index contributed by atoms with van der Waals surface area (Å²) in [5, 5.41) is 3.61. The Kier molecular flexibility index (Phi) is 4.27. The third kappa shape index (κ3) is 3.61. The van der Waals surface area contributed by atoms with Crippen LogP contribution in [0.4, 0.5) is 5.95 Å². The molecule has 0 aromatic carbocycles. The van der Waals surface area contributed by atoms with E-state index >= 15 is 0 Å². The van der Waals surface area contributed by atoms with Crippen molar-refractivity contribution in [2.24, 2.45) is 0 Å². The lowest BCUT2D eigenvalue weighted by Crippen LogP contribution is -2.14. The molecule has 0 saturated heterocycles. The number of hydrogen-bond donors (Lipinski definition) is 1. The van der Waals surface area contributed by atoms with Crippen molar-refractivity contribution in [3.05, 3.63) is 29.2 Å². The van der Waals surface area contributed by atoms with E-state index in [-0.39, 0.29) is 6.04 Å². The first-order valence-electron chi connectivity index (χ1n) is 6.23. The molecule has 19 heavy (non-hydrogen) atoms. The second kappa shape index (κ2) is 5.93. The molecule has 2 aromatic heterocycles. The van der Waals surface area contributed by atoms with Crippen LogP contribution in [0.1, 0.15) is 26.6 Å². The van der Waals surface area contributed by atoms with Crippen LogP contribution in [0.3, 0.4) is 0 Å². The number of aryl methyl sites for hydroxylation is 1. The number of rotatable bonds is 4. The summed E-state index contributed by atoms with van der Waals surface area (Å²) < 4.78 is 0. The normalized spacial score (nSPS) is 10.8. The van der Waals surface area contributed by atoms with Crippen molar-refractivity contribution in [3.63, 3.8) is 0 Å². The summed E-state index contributed by atoms with van der Waals surface area (Å²) in [4.78, 5) is 17.3. The molecule has 2 heterocycles. The first-order valence-corrected chi connectivity index (χ1v) is 6.60. The average molecular weight is 278 g/mol. The smallest absolute Gasteiger partial charge is 0.226 e. The molecule has 0 bridgehead atoms. The van der Waals surface area contributed by atoms with E-state index in [0.29, 0.717) is 22.6 Å². The predicted molar refractivity (Wildman–Crippen MR) is 76.2 cm³/mol. The molecule has 0 spiro atoms. The van der Waals surface area contributed by atoms with Gasteiger partial charge in [-0.05, 0) is 26.0 Å². The Bertz CT molecular complexity index is 571. The van der Waals surface area contributed by atoms with Crippen LogP contribution in [-0.2, 0) is 6.42 Å². The Morgan fingerprint density at radius 1 is 1.16 bits per heavy atom. The van der Waals surface area contributed by atoms with Gasteiger partial charge in [0.15, 0.2) is 5.82 Å². The molecule has 0 radical (unpaired) electrons. The van der Waals surface area contributed by atoms with Gasteiger partial charge in [-0.15, -0.1) is 0 Å². The molecule has 2 aromatic rings. The first kappa shape index (κ1) is 13.7. The van der Waals surface area contributed by atoms with Crippen LogP contribution < -0.4 is 5.32 Å². The van der Waals surface area contributed by atoms with Gasteiger partial charge in [0, 0.05) is 12.5 Å². The molecule has 0 aliphatic rings. The molecular weight excluding hydrogens is 262 g/mol. The van der Waals surface area contributed by atoms with Crippen molar-refractivity contribution < 1.29 is 0 Å². The molecule has 0 fully saturated rings. The lowest BCUT2D eigenvalue weighted by Gasteiger charge is -2.10. The second-order valence-electron chi connectivity index (χ2n) is 4.40. The minimum Gasteiger partial charge on any atom is -0.352 e. The standard InChI is InChI=1S/C13H16ClN5/c1-4-11-17-12(9-6-5-7-10(14)16-9)19-13(18-11)15-8(2)3/h5-8H,4H2,1-3H3,(H,15,17,18,19). The van der Waals surface area contributed by atoms with Crippen LogP contribution in [0.5, 0.6) is 0 Å². The van der Waals surface area contributed by atoms with Gasteiger partial charge in [-0.3, -0.25) is 0 Å². The highest BCUT2D eigenvalue weighted by atomic mass is 35.5. The molecule has 0 atom stereocenters. The van der Waals surface area contributed by atoms with E-state index in [9.17, 15) is 0 Å². The van der Waals surface area contributed by atoms with Gasteiger partial charge in [-0.1, -0.05) is 24.6 Å². The Hall–Kier alpha value is -1.75. The van der Waals surface area contributed by atoms with E-state index in [1.165, 1.54) is 0 Å². The van der Waals surface area contributed by atoms with Crippen LogP contribution in [0.25, 0.3) is 11.5 Å². The van der Waals surface area contributed by atoms with E-state index in [1.54, 1.807) is 6.07 Å². The van der Waals surface area contributed by atoms with Crippen LogP contribution in [0.2, 0.25) is 5.15 Å². The van der Waals surface area contributed by atoms with Gasteiger partial charge >= 0.3 is 0 Å². The summed E-state index contributed by atoms with van der Waals surface area (Å²) in [6.45, 7) is 6.07. The Balaban J connectivity index is 2.44. The number of hydrogen-bond acceptors (Lipinski definition) is 5. The largest absolute Gasteiger partial charge is 0.352 e. The van der Waals surface area contributed by atoms with Crippen LogP contribution in [-0.4, -0.2) is 26.0 Å². The lowest BCUT2D eigenvalue weighted by molar-refractivity contribution is 0.841. The number of anilines is 1. The van der Waals surface area contributed by atoms with E-state index in [4.69, 9.17) is 11.6 Å². The topological polar surface area (TPSA) is 63.6 Å². The molecule has 100 valence electrons. The molecule has 0 amide bonds. The predicted octanol–water partition coefficient (Wildman–Crippen LogP) is 2.97. The zero-order valence-corrected chi connectivity index (χ0v) is 11.9. The van der Waals surface area contributed by atoms with Crippen LogP contribution in [0.15, 0.2) is 18.2 Å². The molecule has 0 aliphatic carbocycles. The third-order valence-corrected chi connectivity index (χ3v) is 2.57. The van der Waals surface area contributed by atoms with Gasteiger partial charge in [0.05, 0.1) is 0 Å². The minimum absolute atomic E-state index is 0.257. The van der Waals surface area contributed by atoms with E-state index < -0.39 is 0 Å². The third-order valence-electron chi connectivity index (χ3n) is 2.36. The number of nitrogens with zero attached hydrogens (tertiary/aromatic N) is 4.